The van der Waals surface area contributed by atoms with Crippen LogP contribution < -0.4 is 0 Å². The lowest BCUT2D eigenvalue weighted by Gasteiger charge is -2.27. The molecule has 1 fully saturated rings. The summed E-state index contributed by atoms with van der Waals surface area (Å²) in [5.41, 5.74) is 0.651. The summed E-state index contributed by atoms with van der Waals surface area (Å²) in [5.74, 6) is 3.14. The SMILES string of the molecule is C/C=C/C1CCC(c2ccc(C#CC(F)(F)F)c(F)c2)CC1. The Bertz CT molecular complexity index is 594. The van der Waals surface area contributed by atoms with E-state index in [0.29, 0.717) is 5.92 Å². The third-order valence-electron chi connectivity index (χ3n) is 4.04. The predicted octanol–water partition coefficient (Wildman–Crippen LogP) is 5.59. The maximum absolute atomic E-state index is 13.9. The number of hydrogen-bond donors (Lipinski definition) is 0. The highest BCUT2D eigenvalue weighted by Gasteiger charge is 2.24. The van der Waals surface area contributed by atoms with Crippen molar-refractivity contribution in [2.45, 2.75) is 44.7 Å². The summed E-state index contributed by atoms with van der Waals surface area (Å²) < 4.78 is 50.0. The minimum atomic E-state index is -4.60. The zero-order valence-electron chi connectivity index (χ0n) is 12.4. The number of alkyl halides is 3. The summed E-state index contributed by atoms with van der Waals surface area (Å²) in [6, 6.07) is 4.38. The van der Waals surface area contributed by atoms with Gasteiger partial charge in [-0.2, -0.15) is 13.2 Å². The van der Waals surface area contributed by atoms with Gasteiger partial charge in [0.05, 0.1) is 5.56 Å². The van der Waals surface area contributed by atoms with Crippen LogP contribution in [-0.4, -0.2) is 6.18 Å². The second-order valence-corrected chi connectivity index (χ2v) is 5.62. The third-order valence-corrected chi connectivity index (χ3v) is 4.04. The molecule has 1 aliphatic rings. The van der Waals surface area contributed by atoms with E-state index in [1.807, 2.05) is 12.8 Å². The minimum Gasteiger partial charge on any atom is -0.206 e. The summed E-state index contributed by atoms with van der Waals surface area (Å²) in [7, 11) is 0. The minimum absolute atomic E-state index is 0.205. The Morgan fingerprint density at radius 1 is 1.14 bits per heavy atom. The van der Waals surface area contributed by atoms with Gasteiger partial charge in [0.15, 0.2) is 0 Å². The van der Waals surface area contributed by atoms with Crippen LogP contribution in [0.4, 0.5) is 17.6 Å². The first-order valence-electron chi connectivity index (χ1n) is 7.41. The van der Waals surface area contributed by atoms with Gasteiger partial charge in [-0.3, -0.25) is 0 Å². The van der Waals surface area contributed by atoms with Gasteiger partial charge in [0.2, 0.25) is 0 Å². The lowest BCUT2D eigenvalue weighted by atomic mass is 9.78. The Kier molecular flexibility index (Phi) is 5.28. The van der Waals surface area contributed by atoms with Gasteiger partial charge < -0.3 is 0 Å². The van der Waals surface area contributed by atoms with E-state index in [1.165, 1.54) is 12.1 Å². The summed E-state index contributed by atoms with van der Waals surface area (Å²) in [6.07, 6.45) is 3.73. The lowest BCUT2D eigenvalue weighted by Crippen LogP contribution is -2.12. The first kappa shape index (κ1) is 16.6. The average molecular weight is 310 g/mol. The fourth-order valence-electron chi connectivity index (χ4n) is 2.94. The molecule has 1 aromatic rings. The van der Waals surface area contributed by atoms with Gasteiger partial charge in [-0.05, 0) is 62.1 Å². The molecule has 4 heteroatoms. The third kappa shape index (κ3) is 4.62. The van der Waals surface area contributed by atoms with Gasteiger partial charge in [0.1, 0.15) is 5.82 Å². The molecule has 0 nitrogen and oxygen atoms in total. The first-order valence-corrected chi connectivity index (χ1v) is 7.41. The van der Waals surface area contributed by atoms with Crippen LogP contribution in [0.1, 0.15) is 49.7 Å². The normalized spacial score (nSPS) is 22.4. The highest BCUT2D eigenvalue weighted by Crippen LogP contribution is 2.36. The molecule has 0 atom stereocenters. The fourth-order valence-corrected chi connectivity index (χ4v) is 2.94. The molecule has 0 saturated heterocycles. The van der Waals surface area contributed by atoms with Crippen molar-refractivity contribution in [2.24, 2.45) is 5.92 Å². The van der Waals surface area contributed by atoms with E-state index in [2.05, 4.69) is 12.2 Å². The number of hydrogen-bond acceptors (Lipinski definition) is 0. The molecule has 0 aromatic heterocycles. The zero-order chi connectivity index (χ0) is 16.2. The molecule has 0 heterocycles. The molecular weight excluding hydrogens is 292 g/mol. The largest absolute Gasteiger partial charge is 0.458 e. The first-order chi connectivity index (χ1) is 10.4. The molecule has 1 aliphatic carbocycles. The lowest BCUT2D eigenvalue weighted by molar-refractivity contribution is -0.0696. The van der Waals surface area contributed by atoms with Crippen molar-refractivity contribution in [1.82, 2.24) is 0 Å². The molecule has 0 bridgehead atoms. The number of rotatable bonds is 2. The van der Waals surface area contributed by atoms with Gasteiger partial charge in [-0.15, -0.1) is 0 Å². The Morgan fingerprint density at radius 3 is 2.36 bits per heavy atom. The molecule has 2 rings (SSSR count). The second-order valence-electron chi connectivity index (χ2n) is 5.62. The van der Waals surface area contributed by atoms with Crippen LogP contribution in [0, 0.1) is 23.6 Å². The van der Waals surface area contributed by atoms with Crippen LogP contribution in [0.3, 0.4) is 0 Å². The van der Waals surface area contributed by atoms with Crippen molar-refractivity contribution in [3.05, 3.63) is 47.3 Å². The summed E-state index contributed by atoms with van der Waals surface area (Å²) in [6.45, 7) is 2.00. The maximum Gasteiger partial charge on any atom is 0.458 e. The van der Waals surface area contributed by atoms with Gasteiger partial charge in [-0.1, -0.05) is 24.1 Å². The van der Waals surface area contributed by atoms with E-state index in [9.17, 15) is 17.6 Å². The molecule has 0 N–H and O–H groups in total. The molecule has 1 saturated carbocycles. The van der Waals surface area contributed by atoms with Crippen LogP contribution in [-0.2, 0) is 0 Å². The van der Waals surface area contributed by atoms with E-state index in [-0.39, 0.29) is 11.5 Å². The zero-order valence-corrected chi connectivity index (χ0v) is 12.4. The van der Waals surface area contributed by atoms with E-state index in [1.54, 1.807) is 6.07 Å². The Morgan fingerprint density at radius 2 is 1.82 bits per heavy atom. The molecule has 0 unspecified atom stereocenters. The number of halogens is 4. The molecule has 22 heavy (non-hydrogen) atoms. The predicted molar refractivity (Wildman–Crippen MR) is 78.8 cm³/mol. The molecule has 0 radical (unpaired) electrons. The number of allylic oxidation sites excluding steroid dienone is 2. The second kappa shape index (κ2) is 7.00. The monoisotopic (exact) mass is 310 g/mol. The van der Waals surface area contributed by atoms with Crippen LogP contribution >= 0.6 is 0 Å². The van der Waals surface area contributed by atoms with Crippen molar-refractivity contribution >= 4 is 0 Å². The molecule has 0 spiro atoms. The van der Waals surface area contributed by atoms with Crippen LogP contribution in [0.2, 0.25) is 0 Å². The molecule has 0 amide bonds. The van der Waals surface area contributed by atoms with E-state index in [0.717, 1.165) is 37.2 Å². The molecule has 1 aromatic carbocycles. The smallest absolute Gasteiger partial charge is 0.206 e. The van der Waals surface area contributed by atoms with E-state index in [4.69, 9.17) is 0 Å². The quantitative estimate of drug-likeness (QED) is 0.379. The van der Waals surface area contributed by atoms with E-state index < -0.39 is 12.0 Å². The molecular formula is C18H18F4. The highest BCUT2D eigenvalue weighted by molar-refractivity contribution is 5.39. The Labute approximate surface area is 128 Å². The van der Waals surface area contributed by atoms with E-state index >= 15 is 0 Å². The van der Waals surface area contributed by atoms with Gasteiger partial charge in [0, 0.05) is 5.92 Å². The van der Waals surface area contributed by atoms with Crippen LogP contribution in [0.25, 0.3) is 0 Å². The van der Waals surface area contributed by atoms with Crippen molar-refractivity contribution in [3.63, 3.8) is 0 Å². The summed E-state index contributed by atoms with van der Waals surface area (Å²) >= 11 is 0. The molecule has 118 valence electrons. The standard InChI is InChI=1S/C18H18F4/c1-2-3-13-4-6-14(7-5-13)16-9-8-15(17(19)12-16)10-11-18(20,21)22/h2-3,8-9,12-14H,4-7H2,1H3/b3-2+. The van der Waals surface area contributed by atoms with Crippen LogP contribution in [0.15, 0.2) is 30.4 Å². The molecule has 0 aliphatic heterocycles. The van der Waals surface area contributed by atoms with Crippen molar-refractivity contribution < 1.29 is 17.6 Å². The van der Waals surface area contributed by atoms with Crippen molar-refractivity contribution in [3.8, 4) is 11.8 Å². The Balaban J connectivity index is 2.08. The summed E-state index contributed by atoms with van der Waals surface area (Å²) in [5, 5.41) is 0. The maximum atomic E-state index is 13.9. The summed E-state index contributed by atoms with van der Waals surface area (Å²) in [4.78, 5) is 0. The fraction of sp³-hybridized carbons (Fsp3) is 0.444. The van der Waals surface area contributed by atoms with Crippen molar-refractivity contribution in [1.29, 1.82) is 0 Å². The van der Waals surface area contributed by atoms with Gasteiger partial charge in [0.25, 0.3) is 0 Å². The Hall–Kier alpha value is -1.76. The highest BCUT2D eigenvalue weighted by atomic mass is 19.4. The van der Waals surface area contributed by atoms with Crippen LogP contribution in [0.5, 0.6) is 0 Å². The topological polar surface area (TPSA) is 0 Å². The van der Waals surface area contributed by atoms with Crippen molar-refractivity contribution in [2.75, 3.05) is 0 Å². The average Bonchev–Trinajstić information content (AvgIpc) is 2.46. The number of benzene rings is 1. The van der Waals surface area contributed by atoms with Gasteiger partial charge in [-0.25, -0.2) is 4.39 Å². The van der Waals surface area contributed by atoms with Gasteiger partial charge >= 0.3 is 6.18 Å².